The standard InChI is InChI=1S/C16H30N4/c1-6-14-13(11-12-17-8-3)15(7-2)19-16(18-14)20(9-4)10-5/h17H,6-12H2,1-5H3. The Morgan fingerprint density at radius 1 is 0.900 bits per heavy atom. The van der Waals surface area contributed by atoms with E-state index >= 15 is 0 Å². The molecule has 1 aromatic heterocycles. The van der Waals surface area contributed by atoms with E-state index in [-0.39, 0.29) is 0 Å². The third-order valence-electron chi connectivity index (χ3n) is 3.68. The van der Waals surface area contributed by atoms with E-state index in [0.29, 0.717) is 0 Å². The topological polar surface area (TPSA) is 41.1 Å². The van der Waals surface area contributed by atoms with E-state index in [2.05, 4.69) is 44.8 Å². The summed E-state index contributed by atoms with van der Waals surface area (Å²) < 4.78 is 0. The zero-order valence-electron chi connectivity index (χ0n) is 13.8. The fourth-order valence-electron chi connectivity index (χ4n) is 2.48. The molecule has 0 aliphatic heterocycles. The Balaban J connectivity index is 3.10. The second kappa shape index (κ2) is 8.90. The van der Waals surface area contributed by atoms with Crippen LogP contribution in [-0.2, 0) is 19.3 Å². The lowest BCUT2D eigenvalue weighted by Crippen LogP contribution is -2.26. The predicted octanol–water partition coefficient (Wildman–Crippen LogP) is 2.60. The lowest BCUT2D eigenvalue weighted by atomic mass is 10.0. The molecular formula is C16H30N4. The first-order valence-electron chi connectivity index (χ1n) is 8.05. The Kier molecular flexibility index (Phi) is 7.52. The Labute approximate surface area is 124 Å². The van der Waals surface area contributed by atoms with Gasteiger partial charge in [0, 0.05) is 24.5 Å². The number of aromatic nitrogens is 2. The van der Waals surface area contributed by atoms with Crippen LogP contribution in [0.5, 0.6) is 0 Å². The molecule has 0 amide bonds. The molecule has 0 aliphatic rings. The summed E-state index contributed by atoms with van der Waals surface area (Å²) in [5, 5.41) is 3.39. The lowest BCUT2D eigenvalue weighted by molar-refractivity contribution is 0.698. The van der Waals surface area contributed by atoms with Gasteiger partial charge in [-0.1, -0.05) is 20.8 Å². The summed E-state index contributed by atoms with van der Waals surface area (Å²) >= 11 is 0. The van der Waals surface area contributed by atoms with Crippen molar-refractivity contribution in [1.29, 1.82) is 0 Å². The summed E-state index contributed by atoms with van der Waals surface area (Å²) in [5.74, 6) is 0.899. The average molecular weight is 278 g/mol. The van der Waals surface area contributed by atoms with Gasteiger partial charge in [0.15, 0.2) is 0 Å². The summed E-state index contributed by atoms with van der Waals surface area (Å²) in [6.45, 7) is 14.8. The molecule has 1 N–H and O–H groups in total. The van der Waals surface area contributed by atoms with Gasteiger partial charge >= 0.3 is 0 Å². The van der Waals surface area contributed by atoms with Gasteiger partial charge in [-0.15, -0.1) is 0 Å². The summed E-state index contributed by atoms with van der Waals surface area (Å²) in [5.41, 5.74) is 3.79. The molecule has 0 atom stereocenters. The van der Waals surface area contributed by atoms with Crippen LogP contribution in [0.3, 0.4) is 0 Å². The molecular weight excluding hydrogens is 248 g/mol. The Bertz CT molecular complexity index is 374. The van der Waals surface area contributed by atoms with Gasteiger partial charge in [0.2, 0.25) is 5.95 Å². The van der Waals surface area contributed by atoms with E-state index in [1.165, 1.54) is 17.0 Å². The van der Waals surface area contributed by atoms with Crippen LogP contribution in [0, 0.1) is 0 Å². The zero-order valence-corrected chi connectivity index (χ0v) is 13.8. The fraction of sp³-hybridized carbons (Fsp3) is 0.750. The van der Waals surface area contributed by atoms with Gasteiger partial charge in [-0.05, 0) is 51.8 Å². The summed E-state index contributed by atoms with van der Waals surface area (Å²) in [6.07, 6.45) is 2.98. The second-order valence-electron chi connectivity index (χ2n) is 4.88. The van der Waals surface area contributed by atoms with Crippen molar-refractivity contribution in [2.24, 2.45) is 0 Å². The molecule has 114 valence electrons. The van der Waals surface area contributed by atoms with Gasteiger partial charge in [0.05, 0.1) is 0 Å². The maximum absolute atomic E-state index is 4.81. The highest BCUT2D eigenvalue weighted by atomic mass is 15.2. The smallest absolute Gasteiger partial charge is 0.225 e. The van der Waals surface area contributed by atoms with E-state index in [1.807, 2.05) is 0 Å². The van der Waals surface area contributed by atoms with E-state index in [1.54, 1.807) is 0 Å². The summed E-state index contributed by atoms with van der Waals surface area (Å²) in [7, 11) is 0. The van der Waals surface area contributed by atoms with Crippen molar-refractivity contribution >= 4 is 5.95 Å². The van der Waals surface area contributed by atoms with Crippen molar-refractivity contribution in [1.82, 2.24) is 15.3 Å². The van der Waals surface area contributed by atoms with Crippen LogP contribution < -0.4 is 10.2 Å². The Hall–Kier alpha value is -1.16. The van der Waals surface area contributed by atoms with Crippen molar-refractivity contribution in [2.75, 3.05) is 31.1 Å². The van der Waals surface area contributed by atoms with Crippen molar-refractivity contribution in [3.05, 3.63) is 17.0 Å². The molecule has 1 heterocycles. The van der Waals surface area contributed by atoms with Crippen LogP contribution in [0.25, 0.3) is 0 Å². The minimum absolute atomic E-state index is 0.899. The molecule has 4 heteroatoms. The van der Waals surface area contributed by atoms with Crippen LogP contribution in [-0.4, -0.2) is 36.1 Å². The second-order valence-corrected chi connectivity index (χ2v) is 4.88. The highest BCUT2D eigenvalue weighted by Gasteiger charge is 2.14. The molecule has 1 aromatic rings. The SMILES string of the molecule is CCNCCc1c(CC)nc(N(CC)CC)nc1CC. The van der Waals surface area contributed by atoms with Gasteiger partial charge in [-0.3, -0.25) is 0 Å². The number of nitrogens with one attached hydrogen (secondary N) is 1. The third kappa shape index (κ3) is 4.17. The third-order valence-corrected chi connectivity index (χ3v) is 3.68. The molecule has 0 aromatic carbocycles. The highest BCUT2D eigenvalue weighted by Crippen LogP contribution is 2.18. The van der Waals surface area contributed by atoms with Gasteiger partial charge in [-0.2, -0.15) is 0 Å². The number of rotatable bonds is 9. The molecule has 0 radical (unpaired) electrons. The van der Waals surface area contributed by atoms with Crippen LogP contribution in [0.2, 0.25) is 0 Å². The van der Waals surface area contributed by atoms with Crippen molar-refractivity contribution in [3.8, 4) is 0 Å². The molecule has 20 heavy (non-hydrogen) atoms. The average Bonchev–Trinajstić information content (AvgIpc) is 2.49. The Morgan fingerprint density at radius 2 is 1.45 bits per heavy atom. The van der Waals surface area contributed by atoms with Crippen LogP contribution in [0.1, 0.15) is 51.6 Å². The first-order chi connectivity index (χ1) is 9.71. The maximum atomic E-state index is 4.81. The Morgan fingerprint density at radius 3 is 1.85 bits per heavy atom. The summed E-state index contributed by atoms with van der Waals surface area (Å²) in [6, 6.07) is 0. The normalized spacial score (nSPS) is 10.8. The number of hydrogen-bond donors (Lipinski definition) is 1. The maximum Gasteiger partial charge on any atom is 0.225 e. The lowest BCUT2D eigenvalue weighted by Gasteiger charge is -2.22. The van der Waals surface area contributed by atoms with E-state index in [0.717, 1.165) is 51.4 Å². The molecule has 0 bridgehead atoms. The van der Waals surface area contributed by atoms with Crippen molar-refractivity contribution in [3.63, 3.8) is 0 Å². The number of hydrogen-bond acceptors (Lipinski definition) is 4. The number of anilines is 1. The van der Waals surface area contributed by atoms with Crippen molar-refractivity contribution in [2.45, 2.75) is 53.9 Å². The van der Waals surface area contributed by atoms with Crippen LogP contribution in [0.4, 0.5) is 5.95 Å². The monoisotopic (exact) mass is 278 g/mol. The van der Waals surface area contributed by atoms with Gasteiger partial charge in [0.25, 0.3) is 0 Å². The zero-order chi connectivity index (χ0) is 15.0. The first kappa shape index (κ1) is 16.9. The molecule has 0 spiro atoms. The predicted molar refractivity (Wildman–Crippen MR) is 86.6 cm³/mol. The minimum Gasteiger partial charge on any atom is -0.341 e. The van der Waals surface area contributed by atoms with E-state index < -0.39 is 0 Å². The first-order valence-corrected chi connectivity index (χ1v) is 8.05. The highest BCUT2D eigenvalue weighted by molar-refractivity contribution is 5.37. The van der Waals surface area contributed by atoms with Crippen LogP contribution >= 0.6 is 0 Å². The largest absolute Gasteiger partial charge is 0.341 e. The number of nitrogens with zero attached hydrogens (tertiary/aromatic N) is 3. The molecule has 0 aliphatic carbocycles. The minimum atomic E-state index is 0.899. The quantitative estimate of drug-likeness (QED) is 0.705. The molecule has 0 saturated carbocycles. The molecule has 1 rings (SSSR count). The van der Waals surface area contributed by atoms with Gasteiger partial charge in [-0.25, -0.2) is 9.97 Å². The fourth-order valence-corrected chi connectivity index (χ4v) is 2.48. The van der Waals surface area contributed by atoms with Gasteiger partial charge < -0.3 is 10.2 Å². The van der Waals surface area contributed by atoms with Gasteiger partial charge in [0.1, 0.15) is 0 Å². The molecule has 4 nitrogen and oxygen atoms in total. The van der Waals surface area contributed by atoms with E-state index in [9.17, 15) is 0 Å². The summed E-state index contributed by atoms with van der Waals surface area (Å²) in [4.78, 5) is 11.8. The van der Waals surface area contributed by atoms with Crippen molar-refractivity contribution < 1.29 is 0 Å². The molecule has 0 saturated heterocycles. The van der Waals surface area contributed by atoms with Crippen LogP contribution in [0.15, 0.2) is 0 Å². The van der Waals surface area contributed by atoms with E-state index in [4.69, 9.17) is 9.97 Å². The number of likely N-dealkylation sites (N-methyl/N-ethyl adjacent to an activating group) is 1. The molecule has 0 fully saturated rings. The number of aryl methyl sites for hydroxylation is 2. The molecule has 0 unspecified atom stereocenters.